The molecule has 1 unspecified atom stereocenters. The number of nitrogens with one attached hydrogen (secondary N) is 1. The lowest BCUT2D eigenvalue weighted by atomic mass is 10.2. The molecule has 0 bridgehead atoms. The van der Waals surface area contributed by atoms with Gasteiger partial charge in [0.05, 0.1) is 11.8 Å². The molecule has 0 saturated heterocycles. The van der Waals surface area contributed by atoms with E-state index in [1.165, 1.54) is 0 Å². The van der Waals surface area contributed by atoms with E-state index in [1.807, 2.05) is 13.0 Å². The van der Waals surface area contributed by atoms with E-state index in [1.54, 1.807) is 13.0 Å². The maximum absolute atomic E-state index is 11.6. The standard InChI is InChI=1S/C12H15BrClNO2/c1-7-5-9(13)11(6-10(7)14)15-12(17)4-3-8(2)16/h5-6,8,16H,3-4H2,1-2H3,(H,15,17). The summed E-state index contributed by atoms with van der Waals surface area (Å²) in [4.78, 5) is 11.6. The Morgan fingerprint density at radius 2 is 2.24 bits per heavy atom. The average molecular weight is 321 g/mol. The molecule has 0 spiro atoms. The highest BCUT2D eigenvalue weighted by molar-refractivity contribution is 9.10. The number of aryl methyl sites for hydroxylation is 1. The van der Waals surface area contributed by atoms with Crippen molar-refractivity contribution >= 4 is 39.1 Å². The third kappa shape index (κ3) is 4.66. The van der Waals surface area contributed by atoms with E-state index in [4.69, 9.17) is 16.7 Å². The third-order valence-electron chi connectivity index (χ3n) is 2.31. The molecule has 1 amide bonds. The molecule has 1 atom stereocenters. The zero-order valence-electron chi connectivity index (χ0n) is 9.76. The lowest BCUT2D eigenvalue weighted by molar-refractivity contribution is -0.116. The van der Waals surface area contributed by atoms with Crippen LogP contribution in [0.1, 0.15) is 25.3 Å². The molecular formula is C12H15BrClNO2. The number of amides is 1. The molecule has 0 saturated carbocycles. The minimum Gasteiger partial charge on any atom is -0.393 e. The Morgan fingerprint density at radius 3 is 2.82 bits per heavy atom. The van der Waals surface area contributed by atoms with Crippen LogP contribution in [-0.2, 0) is 4.79 Å². The quantitative estimate of drug-likeness (QED) is 0.892. The summed E-state index contributed by atoms with van der Waals surface area (Å²) in [5, 5.41) is 12.5. The van der Waals surface area contributed by atoms with Crippen molar-refractivity contribution in [2.24, 2.45) is 0 Å². The number of aliphatic hydroxyl groups is 1. The van der Waals surface area contributed by atoms with Crippen molar-refractivity contribution in [1.29, 1.82) is 0 Å². The summed E-state index contributed by atoms with van der Waals surface area (Å²) in [6.45, 7) is 3.55. The van der Waals surface area contributed by atoms with Gasteiger partial charge in [0, 0.05) is 15.9 Å². The van der Waals surface area contributed by atoms with Crippen LogP contribution in [0.25, 0.3) is 0 Å². The van der Waals surface area contributed by atoms with Crippen LogP contribution in [-0.4, -0.2) is 17.1 Å². The van der Waals surface area contributed by atoms with Crippen LogP contribution in [0.2, 0.25) is 5.02 Å². The van der Waals surface area contributed by atoms with Gasteiger partial charge in [-0.2, -0.15) is 0 Å². The topological polar surface area (TPSA) is 49.3 Å². The second kappa shape index (κ2) is 6.38. The van der Waals surface area contributed by atoms with Crippen molar-refractivity contribution in [3.05, 3.63) is 27.2 Å². The van der Waals surface area contributed by atoms with Crippen molar-refractivity contribution in [3.8, 4) is 0 Å². The largest absolute Gasteiger partial charge is 0.393 e. The SMILES string of the molecule is Cc1cc(Br)c(NC(=O)CCC(C)O)cc1Cl. The van der Waals surface area contributed by atoms with Crippen molar-refractivity contribution in [2.75, 3.05) is 5.32 Å². The predicted octanol–water partition coefficient (Wildman–Crippen LogP) is 3.51. The van der Waals surface area contributed by atoms with Gasteiger partial charge in [0.25, 0.3) is 0 Å². The Morgan fingerprint density at radius 1 is 1.59 bits per heavy atom. The summed E-state index contributed by atoms with van der Waals surface area (Å²) < 4.78 is 0.796. The molecule has 0 radical (unpaired) electrons. The van der Waals surface area contributed by atoms with Crippen molar-refractivity contribution in [1.82, 2.24) is 0 Å². The number of benzene rings is 1. The molecule has 0 aliphatic rings. The highest BCUT2D eigenvalue weighted by Crippen LogP contribution is 2.29. The van der Waals surface area contributed by atoms with Gasteiger partial charge in [-0.25, -0.2) is 0 Å². The van der Waals surface area contributed by atoms with Crippen LogP contribution >= 0.6 is 27.5 Å². The third-order valence-corrected chi connectivity index (χ3v) is 3.37. The molecule has 0 aliphatic heterocycles. The number of aliphatic hydroxyl groups excluding tert-OH is 1. The van der Waals surface area contributed by atoms with Crippen LogP contribution < -0.4 is 5.32 Å². The summed E-state index contributed by atoms with van der Waals surface area (Å²) in [5.74, 6) is -0.133. The first-order chi connectivity index (χ1) is 7.90. The monoisotopic (exact) mass is 319 g/mol. The van der Waals surface area contributed by atoms with Gasteiger partial charge in [-0.15, -0.1) is 0 Å². The fourth-order valence-corrected chi connectivity index (χ4v) is 2.02. The van der Waals surface area contributed by atoms with E-state index in [0.29, 0.717) is 17.1 Å². The minimum atomic E-state index is -0.467. The number of hydrogen-bond donors (Lipinski definition) is 2. The van der Waals surface area contributed by atoms with Gasteiger partial charge in [0.1, 0.15) is 0 Å². The van der Waals surface area contributed by atoms with Crippen LogP contribution in [0, 0.1) is 6.92 Å². The average Bonchev–Trinajstić information content (AvgIpc) is 2.23. The number of halogens is 2. The minimum absolute atomic E-state index is 0.133. The van der Waals surface area contributed by atoms with E-state index in [9.17, 15) is 4.79 Å². The number of carbonyl (C=O) groups is 1. The van der Waals surface area contributed by atoms with Crippen molar-refractivity contribution in [3.63, 3.8) is 0 Å². The summed E-state index contributed by atoms with van der Waals surface area (Å²) in [5.41, 5.74) is 1.59. The summed E-state index contributed by atoms with van der Waals surface area (Å²) in [7, 11) is 0. The molecule has 0 fully saturated rings. The molecule has 0 aromatic heterocycles. The lowest BCUT2D eigenvalue weighted by Crippen LogP contribution is -2.14. The normalized spacial score (nSPS) is 12.3. The molecule has 94 valence electrons. The van der Waals surface area contributed by atoms with Gasteiger partial charge in [0.2, 0.25) is 5.91 Å². The lowest BCUT2D eigenvalue weighted by Gasteiger charge is -2.10. The fraction of sp³-hybridized carbons (Fsp3) is 0.417. The Bertz CT molecular complexity index is 421. The van der Waals surface area contributed by atoms with Gasteiger partial charge in [-0.05, 0) is 53.9 Å². The first-order valence-corrected chi connectivity index (χ1v) is 6.51. The fourth-order valence-electron chi connectivity index (χ4n) is 1.29. The molecule has 1 aromatic rings. The summed E-state index contributed by atoms with van der Waals surface area (Å²) in [6.07, 6.45) is 0.268. The van der Waals surface area contributed by atoms with E-state index < -0.39 is 6.10 Å². The Kier molecular flexibility index (Phi) is 5.43. The maximum atomic E-state index is 11.6. The zero-order chi connectivity index (χ0) is 13.0. The van der Waals surface area contributed by atoms with Gasteiger partial charge in [0.15, 0.2) is 0 Å². The molecule has 5 heteroatoms. The molecule has 3 nitrogen and oxygen atoms in total. The summed E-state index contributed by atoms with van der Waals surface area (Å²) in [6, 6.07) is 3.56. The maximum Gasteiger partial charge on any atom is 0.224 e. The Balaban J connectivity index is 2.68. The van der Waals surface area contributed by atoms with Crippen molar-refractivity contribution in [2.45, 2.75) is 32.8 Å². The number of anilines is 1. The second-order valence-corrected chi connectivity index (χ2v) is 5.28. The number of rotatable bonds is 4. The van der Waals surface area contributed by atoms with Crippen LogP contribution in [0.4, 0.5) is 5.69 Å². The van der Waals surface area contributed by atoms with E-state index in [2.05, 4.69) is 21.2 Å². The van der Waals surface area contributed by atoms with Gasteiger partial charge >= 0.3 is 0 Å². The van der Waals surface area contributed by atoms with Gasteiger partial charge in [-0.1, -0.05) is 11.6 Å². The molecule has 2 N–H and O–H groups in total. The van der Waals surface area contributed by atoms with E-state index in [-0.39, 0.29) is 12.3 Å². The van der Waals surface area contributed by atoms with E-state index in [0.717, 1.165) is 10.0 Å². The molecule has 0 aliphatic carbocycles. The molecule has 0 heterocycles. The van der Waals surface area contributed by atoms with Crippen LogP contribution in [0.3, 0.4) is 0 Å². The molecular weight excluding hydrogens is 305 g/mol. The van der Waals surface area contributed by atoms with Crippen LogP contribution in [0.5, 0.6) is 0 Å². The van der Waals surface area contributed by atoms with Gasteiger partial charge in [-0.3, -0.25) is 4.79 Å². The first-order valence-electron chi connectivity index (χ1n) is 5.33. The second-order valence-electron chi connectivity index (χ2n) is 4.02. The predicted molar refractivity (Wildman–Crippen MR) is 73.4 cm³/mol. The highest BCUT2D eigenvalue weighted by Gasteiger charge is 2.09. The smallest absolute Gasteiger partial charge is 0.224 e. The van der Waals surface area contributed by atoms with Crippen molar-refractivity contribution < 1.29 is 9.90 Å². The summed E-state index contributed by atoms with van der Waals surface area (Å²) >= 11 is 9.35. The molecule has 1 rings (SSSR count). The number of carbonyl (C=O) groups excluding carboxylic acids is 1. The zero-order valence-corrected chi connectivity index (χ0v) is 12.1. The Labute approximate surface area is 114 Å². The van der Waals surface area contributed by atoms with Gasteiger partial charge < -0.3 is 10.4 Å². The van der Waals surface area contributed by atoms with E-state index >= 15 is 0 Å². The first kappa shape index (κ1) is 14.5. The molecule has 1 aromatic carbocycles. The highest BCUT2D eigenvalue weighted by atomic mass is 79.9. The Hall–Kier alpha value is -0.580. The number of hydrogen-bond acceptors (Lipinski definition) is 2. The molecule has 17 heavy (non-hydrogen) atoms. The van der Waals surface area contributed by atoms with Crippen LogP contribution in [0.15, 0.2) is 16.6 Å².